The van der Waals surface area contributed by atoms with E-state index < -0.39 is 0 Å². The third kappa shape index (κ3) is 16.8. The molecule has 3 aliphatic carbocycles. The Kier molecular flexibility index (Phi) is 21.9. The average molecular weight is 1730 g/mol. The van der Waals surface area contributed by atoms with E-state index in [0.29, 0.717) is 52.4 Å². The number of hydrogen-bond donors (Lipinski definition) is 0. The van der Waals surface area contributed by atoms with Crippen molar-refractivity contribution in [1.29, 1.82) is 0 Å². The van der Waals surface area contributed by atoms with Gasteiger partial charge >= 0.3 is 0 Å². The molecule has 25 rings (SSSR count). The van der Waals surface area contributed by atoms with Crippen LogP contribution in [-0.2, 0) is 19.3 Å². The van der Waals surface area contributed by atoms with Crippen LogP contribution in [0.2, 0.25) is 0 Å². The van der Waals surface area contributed by atoms with Gasteiger partial charge in [-0.2, -0.15) is 0 Å². The minimum absolute atomic E-state index is 0.628. The van der Waals surface area contributed by atoms with Crippen LogP contribution in [0.5, 0.6) is 0 Å². The Bertz CT molecular complexity index is 8000. The van der Waals surface area contributed by atoms with Crippen LogP contribution in [0.3, 0.4) is 0 Å². The van der Waals surface area contributed by atoms with E-state index in [9.17, 15) is 0 Å². The Balaban J connectivity index is 0.000000114. The maximum absolute atomic E-state index is 5.07. The molecule has 0 unspecified atom stereocenters. The molecule has 634 valence electrons. The summed E-state index contributed by atoms with van der Waals surface area (Å²) in [7, 11) is 0. The summed E-state index contributed by atoms with van der Waals surface area (Å²) in [6.07, 6.45) is 13.1. The van der Waals surface area contributed by atoms with Crippen LogP contribution in [-0.4, -0.2) is 74.8 Å². The van der Waals surface area contributed by atoms with E-state index in [-0.39, 0.29) is 0 Å². The molecule has 15 nitrogen and oxygen atoms in total. The van der Waals surface area contributed by atoms with Crippen molar-refractivity contribution in [1.82, 2.24) is 74.8 Å². The first kappa shape index (κ1) is 81.3. The van der Waals surface area contributed by atoms with Gasteiger partial charge in [0.15, 0.2) is 52.4 Å². The molecule has 6 aromatic heterocycles. The molecule has 0 amide bonds. The predicted molar refractivity (Wildman–Crippen MR) is 538 cm³/mol. The van der Waals surface area contributed by atoms with Gasteiger partial charge in [0.25, 0.3) is 0 Å². The van der Waals surface area contributed by atoms with E-state index in [1.165, 1.54) is 72.3 Å². The van der Waals surface area contributed by atoms with Gasteiger partial charge in [-0.3, -0.25) is 0 Å². The standard InChI is InChI=1S/C44H29N5.2C38H25N5/c1-3-9-29(10-4-1)31-17-21-33(22-18-31)42-47-43(34-23-19-32(20-24-34)30-11-5-2-6-12-30)49-44(48-42)36-14-7-13-35(25-36)38-15-8-16-39-40(38)26-37-27-45-28-46-41(37)39;1-3-10-25(11-4-1)27-14-7-16-29(20-27)37-41-36(26-12-5-2-6-13-26)42-38(43-37)30-17-8-15-28(21-30)32-18-9-19-33-34(32)22-31-23-39-24-40-35(31)33;1-3-9-27(10-4-1)36-41-37(28-11-5-2-6-12-28)43-38(42-36)30-14-7-13-29(21-30)25-17-19-26(20-18-25)32-15-8-16-33-34(32)22-31-23-39-24-40-35(31)33/h1-25,27-28H,26H2;2*1-21,23-24H,22H2. The van der Waals surface area contributed by atoms with E-state index >= 15 is 0 Å². The molecule has 0 bridgehead atoms. The Labute approximate surface area is 780 Å². The highest BCUT2D eigenvalue weighted by molar-refractivity contribution is 5.89. The summed E-state index contributed by atoms with van der Waals surface area (Å²) in [6, 6.07) is 140. The van der Waals surface area contributed by atoms with Crippen molar-refractivity contribution in [2.75, 3.05) is 0 Å². The fourth-order valence-electron chi connectivity index (χ4n) is 18.3. The molecule has 0 atom stereocenters. The largest absolute Gasteiger partial charge is 0.244 e. The van der Waals surface area contributed by atoms with Crippen molar-refractivity contribution in [2.45, 2.75) is 19.3 Å². The quantitative estimate of drug-likeness (QED) is 0.0886. The third-order valence-corrected chi connectivity index (χ3v) is 25.0. The van der Waals surface area contributed by atoms with Gasteiger partial charge in [-0.25, -0.2) is 74.8 Å². The number of nitrogens with zero attached hydrogens (tertiary/aromatic N) is 15. The highest BCUT2D eigenvalue weighted by Gasteiger charge is 2.28. The van der Waals surface area contributed by atoms with Crippen LogP contribution < -0.4 is 0 Å². The minimum Gasteiger partial charge on any atom is -0.244 e. The number of hydrogen-bond acceptors (Lipinski definition) is 15. The van der Waals surface area contributed by atoms with Crippen molar-refractivity contribution in [3.63, 3.8) is 0 Å². The lowest BCUT2D eigenvalue weighted by Gasteiger charge is -2.12. The van der Waals surface area contributed by atoms with Crippen molar-refractivity contribution >= 4 is 0 Å². The van der Waals surface area contributed by atoms with Crippen LogP contribution >= 0.6 is 0 Å². The second-order valence-electron chi connectivity index (χ2n) is 33.4. The molecule has 0 saturated heterocycles. The predicted octanol–water partition coefficient (Wildman–Crippen LogP) is 27.4. The Morgan fingerprint density at radius 3 is 0.622 bits per heavy atom. The monoisotopic (exact) mass is 1730 g/mol. The third-order valence-electron chi connectivity index (χ3n) is 25.0. The Morgan fingerprint density at radius 2 is 0.326 bits per heavy atom. The SMILES string of the molecule is c1ccc(-c2ccc(-c3nc(-c4ccc(-c5ccccc5)cc4)nc(-c4cccc(-c5cccc6c5Cc5cncnc5-6)c4)n3)cc2)cc1.c1ccc(-c2cccc(-c3nc(-c4ccccc4)nc(-c4cccc(-c5cccc6c5Cc5cncnc5-6)c4)n3)c2)cc1.c1ccc(-c2nc(-c3ccccc3)nc(-c3cccc(-c4ccc(-c5cccc6c5Cc5cncnc5-6)cc4)c3)n2)cc1. The van der Waals surface area contributed by atoms with Crippen LogP contribution in [0, 0.1) is 0 Å². The lowest BCUT2D eigenvalue weighted by Crippen LogP contribution is -2.00. The molecule has 6 heterocycles. The van der Waals surface area contributed by atoms with Gasteiger partial charge in [-0.1, -0.05) is 382 Å². The van der Waals surface area contributed by atoms with Crippen molar-refractivity contribution in [2.24, 2.45) is 0 Å². The number of rotatable bonds is 16. The summed E-state index contributed by atoms with van der Waals surface area (Å²) in [4.78, 5) is 71.2. The van der Waals surface area contributed by atoms with Gasteiger partial charge < -0.3 is 0 Å². The molecule has 0 radical (unpaired) electrons. The van der Waals surface area contributed by atoms with Gasteiger partial charge in [0.1, 0.15) is 19.0 Å². The highest BCUT2D eigenvalue weighted by Crippen LogP contribution is 2.46. The molecule has 0 spiro atoms. The van der Waals surface area contributed by atoms with Crippen LogP contribution in [0.25, 0.3) is 214 Å². The van der Waals surface area contributed by atoms with Crippen molar-refractivity contribution < 1.29 is 0 Å². The lowest BCUT2D eigenvalue weighted by molar-refractivity contribution is 1.07. The first-order valence-electron chi connectivity index (χ1n) is 45.0. The zero-order valence-electron chi connectivity index (χ0n) is 73.0. The van der Waals surface area contributed by atoms with Gasteiger partial charge in [0.05, 0.1) is 17.1 Å². The average Bonchev–Trinajstić information content (AvgIpc) is 1.65. The maximum atomic E-state index is 5.07. The van der Waals surface area contributed by atoms with Crippen LogP contribution in [0.4, 0.5) is 0 Å². The molecule has 0 aliphatic heterocycles. The molecule has 0 N–H and O–H groups in total. The van der Waals surface area contributed by atoms with Crippen LogP contribution in [0.1, 0.15) is 33.4 Å². The molecule has 15 heteroatoms. The second kappa shape index (κ2) is 36.4. The van der Waals surface area contributed by atoms with Crippen molar-refractivity contribution in [3.05, 3.63) is 477 Å². The van der Waals surface area contributed by atoms with E-state index in [0.717, 1.165) is 142 Å². The maximum Gasteiger partial charge on any atom is 0.164 e. The topological polar surface area (TPSA) is 193 Å². The summed E-state index contributed by atoms with van der Waals surface area (Å²) < 4.78 is 0. The van der Waals surface area contributed by atoms with Gasteiger partial charge in [0.2, 0.25) is 0 Å². The molecule has 3 aliphatic rings. The summed E-state index contributed by atoms with van der Waals surface area (Å²) in [5, 5.41) is 0. The minimum atomic E-state index is 0.628. The Hall–Kier alpha value is -18.2. The van der Waals surface area contributed by atoms with E-state index in [4.69, 9.17) is 44.9 Å². The summed E-state index contributed by atoms with van der Waals surface area (Å²) in [6.45, 7) is 0. The first-order chi connectivity index (χ1) is 66.9. The lowest BCUT2D eigenvalue weighted by atomic mass is 9.94. The van der Waals surface area contributed by atoms with E-state index in [1.807, 2.05) is 128 Å². The van der Waals surface area contributed by atoms with E-state index in [1.54, 1.807) is 19.0 Å². The number of fused-ring (bicyclic) bond motifs is 9. The van der Waals surface area contributed by atoms with Gasteiger partial charge in [0, 0.05) is 121 Å². The zero-order valence-corrected chi connectivity index (χ0v) is 73.0. The molecule has 0 saturated carbocycles. The zero-order chi connectivity index (χ0) is 89.8. The van der Waals surface area contributed by atoms with Crippen molar-refractivity contribution in [3.8, 4) is 214 Å². The number of aromatic nitrogens is 15. The molecular formula is C120H79N15. The highest BCUT2D eigenvalue weighted by atomic mass is 15.1. The summed E-state index contributed by atoms with van der Waals surface area (Å²) >= 11 is 0. The molecule has 22 aromatic rings. The smallest absolute Gasteiger partial charge is 0.164 e. The second-order valence-corrected chi connectivity index (χ2v) is 33.4. The van der Waals surface area contributed by atoms with Crippen LogP contribution in [0.15, 0.2) is 444 Å². The number of benzene rings is 16. The molecule has 0 fully saturated rings. The van der Waals surface area contributed by atoms with Gasteiger partial charge in [-0.05, 0) is 119 Å². The first-order valence-corrected chi connectivity index (χ1v) is 45.0. The Morgan fingerprint density at radius 1 is 0.141 bits per heavy atom. The molecular weight excluding hydrogens is 1650 g/mol. The summed E-state index contributed by atoms with van der Waals surface area (Å²) in [5.74, 6) is 5.77. The molecule has 16 aromatic carbocycles. The summed E-state index contributed by atoms with van der Waals surface area (Å²) in [5.41, 5.74) is 38.6. The van der Waals surface area contributed by atoms with E-state index in [2.05, 4.69) is 327 Å². The normalized spacial score (nSPS) is 11.6. The fraction of sp³-hybridized carbons (Fsp3) is 0.0250. The molecule has 135 heavy (non-hydrogen) atoms. The van der Waals surface area contributed by atoms with Gasteiger partial charge in [-0.15, -0.1) is 0 Å². The fourth-order valence-corrected chi connectivity index (χ4v) is 18.3.